The third kappa shape index (κ3) is 2.68. The highest BCUT2D eigenvalue weighted by Gasteiger charge is 2.30. The monoisotopic (exact) mass is 333 g/mol. The van der Waals surface area contributed by atoms with Crippen LogP contribution in [0.4, 0.5) is 5.95 Å². The Morgan fingerprint density at radius 1 is 1.14 bits per heavy atom. The van der Waals surface area contributed by atoms with E-state index < -0.39 is 11.8 Å². The molecule has 3 rings (SSSR count). The molecule has 0 bridgehead atoms. The Morgan fingerprint density at radius 3 is 2.14 bits per heavy atom. The number of aryl methyl sites for hydroxylation is 1. The van der Waals surface area contributed by atoms with E-state index in [1.165, 1.54) is 27.5 Å². The van der Waals surface area contributed by atoms with Crippen molar-refractivity contribution in [2.24, 2.45) is 0 Å². The highest BCUT2D eigenvalue weighted by atomic mass is 32.1. The largest absolute Gasteiger partial charge is 0.280 e. The van der Waals surface area contributed by atoms with Crippen molar-refractivity contribution >= 4 is 40.4 Å². The van der Waals surface area contributed by atoms with Gasteiger partial charge in [0.25, 0.3) is 17.8 Å². The molecule has 3 aromatic rings. The number of amides is 2. The van der Waals surface area contributed by atoms with Crippen molar-refractivity contribution in [3.63, 3.8) is 0 Å². The number of hydrogen-bond acceptors (Lipinski definition) is 7. The molecule has 0 aliphatic heterocycles. The van der Waals surface area contributed by atoms with Crippen LogP contribution in [0.3, 0.4) is 0 Å². The van der Waals surface area contributed by atoms with Crippen LogP contribution >= 0.6 is 22.7 Å². The van der Waals surface area contributed by atoms with Gasteiger partial charge >= 0.3 is 0 Å². The number of aromatic nitrogens is 4. The lowest BCUT2D eigenvalue weighted by Gasteiger charge is -2.14. The Bertz CT molecular complexity index is 733. The molecule has 0 atom stereocenters. The number of hydrogen-bond donors (Lipinski definition) is 0. The number of carbonyl (C=O) groups excluding carboxylic acids is 2. The summed E-state index contributed by atoms with van der Waals surface area (Å²) in [6.07, 6.45) is 0. The molecule has 0 N–H and O–H groups in total. The summed E-state index contributed by atoms with van der Waals surface area (Å²) in [5, 5.41) is 15.3. The summed E-state index contributed by atoms with van der Waals surface area (Å²) in [5.41, 5.74) is 0. The van der Waals surface area contributed by atoms with Crippen molar-refractivity contribution < 1.29 is 9.59 Å². The van der Waals surface area contributed by atoms with E-state index >= 15 is 0 Å². The molecule has 0 radical (unpaired) electrons. The number of rotatable bonds is 4. The van der Waals surface area contributed by atoms with Gasteiger partial charge < -0.3 is 0 Å². The van der Waals surface area contributed by atoms with Gasteiger partial charge in [-0.15, -0.1) is 27.8 Å². The van der Waals surface area contributed by atoms with Crippen LogP contribution in [0.2, 0.25) is 0 Å². The fourth-order valence-electron chi connectivity index (χ4n) is 1.75. The Balaban J connectivity index is 2.02. The van der Waals surface area contributed by atoms with Crippen LogP contribution in [0.15, 0.2) is 35.0 Å². The second kappa shape index (κ2) is 6.16. The van der Waals surface area contributed by atoms with Gasteiger partial charge in [-0.25, -0.2) is 4.90 Å². The van der Waals surface area contributed by atoms with Crippen molar-refractivity contribution in [3.8, 4) is 0 Å². The Morgan fingerprint density at radius 2 is 1.73 bits per heavy atom. The maximum Gasteiger partial charge on any atom is 0.280 e. The predicted octanol–water partition coefficient (Wildman–Crippen LogP) is 2.30. The molecule has 22 heavy (non-hydrogen) atoms. The minimum atomic E-state index is -0.455. The van der Waals surface area contributed by atoms with Crippen LogP contribution in [0.5, 0.6) is 0 Å². The smallest absolute Gasteiger partial charge is 0.267 e. The lowest BCUT2D eigenvalue weighted by Crippen LogP contribution is -2.37. The molecule has 0 unspecified atom stereocenters. The zero-order chi connectivity index (χ0) is 15.5. The fourth-order valence-corrected chi connectivity index (χ4v) is 3.06. The first-order valence-electron chi connectivity index (χ1n) is 6.44. The zero-order valence-electron chi connectivity index (χ0n) is 11.5. The number of tetrazole rings is 1. The topological polar surface area (TPSA) is 81.0 Å². The Kier molecular flexibility index (Phi) is 4.07. The fraction of sp³-hybridized carbons (Fsp3) is 0.154. The first-order chi connectivity index (χ1) is 10.7. The normalized spacial score (nSPS) is 10.6. The SMILES string of the molecule is CCn1nnc(N(C(=O)c2cccs2)C(=O)c2cccs2)n1. The van der Waals surface area contributed by atoms with Crippen molar-refractivity contribution in [2.45, 2.75) is 13.5 Å². The first kappa shape index (κ1) is 14.5. The number of anilines is 1. The maximum atomic E-state index is 12.6. The van der Waals surface area contributed by atoms with Gasteiger partial charge in [0.05, 0.1) is 16.3 Å². The van der Waals surface area contributed by atoms with E-state index in [0.717, 1.165) is 4.90 Å². The van der Waals surface area contributed by atoms with Crippen LogP contribution in [-0.2, 0) is 6.54 Å². The molecular formula is C13H11N5O2S2. The number of thiophene rings is 2. The van der Waals surface area contributed by atoms with E-state index in [1.807, 2.05) is 6.92 Å². The van der Waals surface area contributed by atoms with Crippen LogP contribution in [0.1, 0.15) is 26.3 Å². The molecule has 7 nitrogen and oxygen atoms in total. The second-order valence-electron chi connectivity index (χ2n) is 4.18. The minimum absolute atomic E-state index is 0.0151. The highest BCUT2D eigenvalue weighted by molar-refractivity contribution is 7.13. The minimum Gasteiger partial charge on any atom is -0.267 e. The molecule has 112 valence electrons. The molecule has 0 aromatic carbocycles. The van der Waals surface area contributed by atoms with Gasteiger partial charge in [0.1, 0.15) is 0 Å². The summed E-state index contributed by atoms with van der Waals surface area (Å²) < 4.78 is 0. The number of imide groups is 1. The zero-order valence-corrected chi connectivity index (χ0v) is 13.2. The quantitative estimate of drug-likeness (QED) is 0.684. The van der Waals surface area contributed by atoms with Crippen LogP contribution < -0.4 is 4.90 Å². The van der Waals surface area contributed by atoms with Crippen molar-refractivity contribution in [1.29, 1.82) is 0 Å². The highest BCUT2D eigenvalue weighted by Crippen LogP contribution is 2.20. The molecular weight excluding hydrogens is 322 g/mol. The Labute approximate surface area is 133 Å². The molecule has 0 aliphatic carbocycles. The van der Waals surface area contributed by atoms with Crippen molar-refractivity contribution in [1.82, 2.24) is 20.2 Å². The molecule has 9 heteroatoms. The van der Waals surface area contributed by atoms with E-state index in [2.05, 4.69) is 15.4 Å². The van der Waals surface area contributed by atoms with Gasteiger partial charge in [-0.3, -0.25) is 9.59 Å². The molecule has 3 heterocycles. The van der Waals surface area contributed by atoms with Gasteiger partial charge in [-0.1, -0.05) is 17.2 Å². The van der Waals surface area contributed by atoms with Gasteiger partial charge in [0.15, 0.2) is 0 Å². The average Bonchev–Trinajstić information content (AvgIpc) is 3.27. The van der Waals surface area contributed by atoms with Crippen LogP contribution in [-0.4, -0.2) is 32.0 Å². The predicted molar refractivity (Wildman–Crippen MR) is 83.3 cm³/mol. The lowest BCUT2D eigenvalue weighted by atomic mass is 10.3. The van der Waals surface area contributed by atoms with E-state index in [-0.39, 0.29) is 5.95 Å². The average molecular weight is 333 g/mol. The van der Waals surface area contributed by atoms with Crippen LogP contribution in [0, 0.1) is 0 Å². The second-order valence-corrected chi connectivity index (χ2v) is 6.07. The van der Waals surface area contributed by atoms with Crippen molar-refractivity contribution in [3.05, 3.63) is 44.8 Å². The van der Waals surface area contributed by atoms with Gasteiger partial charge in [-0.05, 0) is 35.0 Å². The summed E-state index contributed by atoms with van der Waals surface area (Å²) in [6.45, 7) is 2.35. The molecule has 0 aliphatic rings. The van der Waals surface area contributed by atoms with Crippen molar-refractivity contribution in [2.75, 3.05) is 4.90 Å². The van der Waals surface area contributed by atoms with E-state index in [1.54, 1.807) is 35.0 Å². The van der Waals surface area contributed by atoms with E-state index in [0.29, 0.717) is 16.3 Å². The van der Waals surface area contributed by atoms with Crippen LogP contribution in [0.25, 0.3) is 0 Å². The first-order valence-corrected chi connectivity index (χ1v) is 8.20. The van der Waals surface area contributed by atoms with E-state index in [4.69, 9.17) is 0 Å². The van der Waals surface area contributed by atoms with Gasteiger partial charge in [-0.2, -0.15) is 4.80 Å². The Hall–Kier alpha value is -2.39. The lowest BCUT2D eigenvalue weighted by molar-refractivity contribution is 0.0899. The van der Waals surface area contributed by atoms with Gasteiger partial charge in [0, 0.05) is 0 Å². The van der Waals surface area contributed by atoms with Gasteiger partial charge in [0.2, 0.25) is 0 Å². The molecule has 2 amide bonds. The molecule has 0 saturated carbocycles. The summed E-state index contributed by atoms with van der Waals surface area (Å²) in [7, 11) is 0. The maximum absolute atomic E-state index is 12.6. The summed E-state index contributed by atoms with van der Waals surface area (Å²) in [6, 6.07) is 6.82. The summed E-state index contributed by atoms with van der Waals surface area (Å²) in [4.78, 5) is 28.5. The summed E-state index contributed by atoms with van der Waals surface area (Å²) >= 11 is 2.52. The third-order valence-electron chi connectivity index (χ3n) is 2.80. The van der Waals surface area contributed by atoms with E-state index in [9.17, 15) is 9.59 Å². The number of carbonyl (C=O) groups is 2. The molecule has 0 spiro atoms. The molecule has 0 saturated heterocycles. The standard InChI is InChI=1S/C13H11N5O2S2/c1-2-17-15-13(14-16-17)18(11(19)9-5-3-7-21-9)12(20)10-6-4-8-22-10/h3-8H,2H2,1H3. The summed E-state index contributed by atoms with van der Waals surface area (Å²) in [5.74, 6) is -0.924. The third-order valence-corrected chi connectivity index (χ3v) is 4.51. The number of nitrogens with zero attached hydrogens (tertiary/aromatic N) is 5. The molecule has 0 fully saturated rings. The molecule has 3 aromatic heterocycles.